The Balaban J connectivity index is 1.54. The molecule has 2 aromatic rings. The molecule has 5 nitrogen and oxygen atoms in total. The van der Waals surface area contributed by atoms with E-state index in [1.807, 2.05) is 36.9 Å². The van der Waals surface area contributed by atoms with Crippen molar-refractivity contribution in [3.05, 3.63) is 59.2 Å². The number of ether oxygens (including phenoxy) is 1. The maximum atomic E-state index is 12.6. The monoisotopic (exact) mass is 354 g/mol. The number of aryl methyl sites for hydroxylation is 1. The van der Waals surface area contributed by atoms with E-state index in [9.17, 15) is 9.90 Å². The first-order valence-electron chi connectivity index (χ1n) is 9.10. The predicted molar refractivity (Wildman–Crippen MR) is 102 cm³/mol. The Morgan fingerprint density at radius 1 is 1.08 bits per heavy atom. The molecular weight excluding hydrogens is 328 g/mol. The Labute approximate surface area is 154 Å². The summed E-state index contributed by atoms with van der Waals surface area (Å²) in [5.74, 6) is 0.861. The van der Waals surface area contributed by atoms with Crippen LogP contribution in [-0.2, 0) is 6.54 Å². The minimum absolute atomic E-state index is 0.0619. The van der Waals surface area contributed by atoms with Crippen molar-refractivity contribution in [2.45, 2.75) is 20.4 Å². The first kappa shape index (κ1) is 18.3. The van der Waals surface area contributed by atoms with Gasteiger partial charge in [-0.25, -0.2) is 0 Å². The van der Waals surface area contributed by atoms with Crippen LogP contribution in [0.15, 0.2) is 42.5 Å². The first-order chi connectivity index (χ1) is 12.6. The van der Waals surface area contributed by atoms with Crippen molar-refractivity contribution in [3.63, 3.8) is 0 Å². The normalized spacial score (nSPS) is 15.1. The lowest BCUT2D eigenvalue weighted by atomic mass is 10.1. The van der Waals surface area contributed by atoms with Gasteiger partial charge in [0.15, 0.2) is 0 Å². The van der Waals surface area contributed by atoms with Crippen LogP contribution in [0.2, 0.25) is 0 Å². The van der Waals surface area contributed by atoms with Gasteiger partial charge in [-0.2, -0.15) is 0 Å². The number of phenols is 1. The fraction of sp³-hybridized carbons (Fsp3) is 0.381. The van der Waals surface area contributed by atoms with Gasteiger partial charge in [-0.1, -0.05) is 18.2 Å². The standard InChI is InChI=1S/C21H26N2O3/c1-3-26-18-7-5-17(6-8-18)15-22-10-12-23(13-11-22)21(25)19-9-4-16(2)14-20(19)24/h4-9,14,24H,3,10-13,15H2,1-2H3. The molecule has 1 aliphatic rings. The van der Waals surface area contributed by atoms with Gasteiger partial charge in [-0.15, -0.1) is 0 Å². The van der Waals surface area contributed by atoms with Crippen molar-refractivity contribution in [1.82, 2.24) is 9.80 Å². The van der Waals surface area contributed by atoms with E-state index in [0.717, 1.165) is 30.9 Å². The molecule has 0 radical (unpaired) electrons. The summed E-state index contributed by atoms with van der Waals surface area (Å²) in [5, 5.41) is 10.0. The third-order valence-corrected chi connectivity index (χ3v) is 4.68. The van der Waals surface area contributed by atoms with Crippen LogP contribution >= 0.6 is 0 Å². The van der Waals surface area contributed by atoms with Crippen molar-refractivity contribution in [2.75, 3.05) is 32.8 Å². The van der Waals surface area contributed by atoms with Gasteiger partial charge < -0.3 is 14.7 Å². The molecule has 0 aromatic heterocycles. The molecule has 0 aliphatic carbocycles. The van der Waals surface area contributed by atoms with Crippen LogP contribution in [0.3, 0.4) is 0 Å². The number of rotatable bonds is 5. The lowest BCUT2D eigenvalue weighted by Crippen LogP contribution is -2.48. The van der Waals surface area contributed by atoms with Crippen LogP contribution in [0.4, 0.5) is 0 Å². The van der Waals surface area contributed by atoms with E-state index in [1.165, 1.54) is 5.56 Å². The molecule has 1 aliphatic heterocycles. The quantitative estimate of drug-likeness (QED) is 0.897. The number of amides is 1. The lowest BCUT2D eigenvalue weighted by molar-refractivity contribution is 0.0625. The minimum Gasteiger partial charge on any atom is -0.507 e. The first-order valence-corrected chi connectivity index (χ1v) is 9.10. The van der Waals surface area contributed by atoms with Gasteiger partial charge in [0.25, 0.3) is 5.91 Å². The van der Waals surface area contributed by atoms with Gasteiger partial charge in [0.2, 0.25) is 0 Å². The van der Waals surface area contributed by atoms with Crippen LogP contribution in [0.5, 0.6) is 11.5 Å². The number of hydrogen-bond donors (Lipinski definition) is 1. The molecule has 1 N–H and O–H groups in total. The summed E-state index contributed by atoms with van der Waals surface area (Å²) >= 11 is 0. The number of hydrogen-bond acceptors (Lipinski definition) is 4. The molecule has 3 rings (SSSR count). The number of phenolic OH excluding ortho intramolecular Hbond substituents is 1. The van der Waals surface area contributed by atoms with E-state index in [-0.39, 0.29) is 11.7 Å². The summed E-state index contributed by atoms with van der Waals surface area (Å²) in [7, 11) is 0. The SMILES string of the molecule is CCOc1ccc(CN2CCN(C(=O)c3ccc(C)cc3O)CC2)cc1. The third-order valence-electron chi connectivity index (χ3n) is 4.68. The van der Waals surface area contributed by atoms with E-state index in [0.29, 0.717) is 25.3 Å². The van der Waals surface area contributed by atoms with E-state index < -0.39 is 0 Å². The fourth-order valence-corrected chi connectivity index (χ4v) is 3.22. The largest absolute Gasteiger partial charge is 0.507 e. The number of piperazine rings is 1. The molecule has 0 saturated carbocycles. The molecule has 26 heavy (non-hydrogen) atoms. The van der Waals surface area contributed by atoms with Crippen molar-refractivity contribution < 1.29 is 14.6 Å². The van der Waals surface area contributed by atoms with Gasteiger partial charge in [0.1, 0.15) is 11.5 Å². The maximum Gasteiger partial charge on any atom is 0.257 e. The molecule has 0 bridgehead atoms. The van der Waals surface area contributed by atoms with Crippen LogP contribution in [0.1, 0.15) is 28.4 Å². The number of carbonyl (C=O) groups excluding carboxylic acids is 1. The Morgan fingerprint density at radius 3 is 2.38 bits per heavy atom. The second kappa shape index (κ2) is 8.23. The van der Waals surface area contributed by atoms with Crippen LogP contribution in [0.25, 0.3) is 0 Å². The van der Waals surface area contributed by atoms with Gasteiger partial charge in [-0.05, 0) is 49.2 Å². The van der Waals surface area contributed by atoms with Crippen LogP contribution < -0.4 is 4.74 Å². The van der Waals surface area contributed by atoms with Gasteiger partial charge >= 0.3 is 0 Å². The third kappa shape index (κ3) is 4.35. The lowest BCUT2D eigenvalue weighted by Gasteiger charge is -2.35. The number of nitrogens with zero attached hydrogens (tertiary/aromatic N) is 2. The zero-order valence-electron chi connectivity index (χ0n) is 15.4. The molecule has 1 heterocycles. The topological polar surface area (TPSA) is 53.0 Å². The molecule has 0 unspecified atom stereocenters. The predicted octanol–water partition coefficient (Wildman–Crippen LogP) is 3.06. The summed E-state index contributed by atoms with van der Waals surface area (Å²) in [6.45, 7) is 8.40. The summed E-state index contributed by atoms with van der Waals surface area (Å²) in [6.07, 6.45) is 0. The highest BCUT2D eigenvalue weighted by molar-refractivity contribution is 5.97. The highest BCUT2D eigenvalue weighted by Crippen LogP contribution is 2.21. The highest BCUT2D eigenvalue weighted by atomic mass is 16.5. The molecule has 0 spiro atoms. The molecule has 0 atom stereocenters. The van der Waals surface area contributed by atoms with E-state index in [2.05, 4.69) is 17.0 Å². The zero-order valence-corrected chi connectivity index (χ0v) is 15.4. The highest BCUT2D eigenvalue weighted by Gasteiger charge is 2.23. The van der Waals surface area contributed by atoms with Crippen LogP contribution in [0, 0.1) is 6.92 Å². The molecule has 2 aromatic carbocycles. The number of carbonyl (C=O) groups is 1. The molecule has 1 amide bonds. The molecular formula is C21H26N2O3. The molecule has 1 saturated heterocycles. The van der Waals surface area contributed by atoms with E-state index in [1.54, 1.807) is 12.1 Å². The Kier molecular flexibility index (Phi) is 5.78. The summed E-state index contributed by atoms with van der Waals surface area (Å²) < 4.78 is 5.47. The molecule has 1 fully saturated rings. The van der Waals surface area contributed by atoms with Gasteiger partial charge in [0, 0.05) is 32.7 Å². The number of benzene rings is 2. The van der Waals surface area contributed by atoms with E-state index >= 15 is 0 Å². The van der Waals surface area contributed by atoms with Gasteiger partial charge in [0.05, 0.1) is 12.2 Å². The Bertz CT molecular complexity index is 750. The maximum absolute atomic E-state index is 12.6. The molecule has 5 heteroatoms. The minimum atomic E-state index is -0.0942. The molecule has 138 valence electrons. The van der Waals surface area contributed by atoms with Crippen molar-refractivity contribution in [1.29, 1.82) is 0 Å². The fourth-order valence-electron chi connectivity index (χ4n) is 3.22. The average Bonchev–Trinajstić information content (AvgIpc) is 2.64. The van der Waals surface area contributed by atoms with Crippen molar-refractivity contribution in [2.24, 2.45) is 0 Å². The second-order valence-electron chi connectivity index (χ2n) is 6.67. The average molecular weight is 354 g/mol. The van der Waals surface area contributed by atoms with Crippen LogP contribution in [-0.4, -0.2) is 53.6 Å². The van der Waals surface area contributed by atoms with E-state index in [4.69, 9.17) is 4.74 Å². The summed E-state index contributed by atoms with van der Waals surface area (Å²) in [5.41, 5.74) is 2.57. The summed E-state index contributed by atoms with van der Waals surface area (Å²) in [4.78, 5) is 16.8. The summed E-state index contributed by atoms with van der Waals surface area (Å²) in [6, 6.07) is 13.4. The zero-order chi connectivity index (χ0) is 18.5. The second-order valence-corrected chi connectivity index (χ2v) is 6.67. The van der Waals surface area contributed by atoms with Gasteiger partial charge in [-0.3, -0.25) is 9.69 Å². The number of aromatic hydroxyl groups is 1. The Hall–Kier alpha value is -2.53. The Morgan fingerprint density at radius 2 is 1.77 bits per heavy atom. The van der Waals surface area contributed by atoms with Crippen molar-refractivity contribution >= 4 is 5.91 Å². The smallest absolute Gasteiger partial charge is 0.257 e. The van der Waals surface area contributed by atoms with Crippen molar-refractivity contribution in [3.8, 4) is 11.5 Å².